The normalized spacial score (nSPS) is 12.6. The molecule has 272 valence electrons. The van der Waals surface area contributed by atoms with E-state index in [0.717, 1.165) is 61.3 Å². The van der Waals surface area contributed by atoms with Crippen molar-refractivity contribution in [2.45, 2.75) is 91.9 Å². The van der Waals surface area contributed by atoms with Crippen LogP contribution in [0.4, 0.5) is 0 Å². The molecule has 8 rings (SSSR count). The van der Waals surface area contributed by atoms with Crippen LogP contribution in [-0.2, 0) is 10.8 Å². The van der Waals surface area contributed by atoms with Gasteiger partial charge in [-0.05, 0) is 70.5 Å². The first-order valence-electron chi connectivity index (χ1n) is 19.1. The summed E-state index contributed by atoms with van der Waals surface area (Å²) in [4.78, 5) is 20.2. The Bertz CT molecular complexity index is 2620. The van der Waals surface area contributed by atoms with Crippen molar-refractivity contribution in [3.05, 3.63) is 126 Å². The van der Waals surface area contributed by atoms with Gasteiger partial charge in [-0.1, -0.05) is 130 Å². The predicted octanol–water partition coefficient (Wildman–Crippen LogP) is 13.0. The van der Waals surface area contributed by atoms with Gasteiger partial charge in [0, 0.05) is 38.3 Å². The van der Waals surface area contributed by atoms with Gasteiger partial charge in [-0.3, -0.25) is 4.57 Å². The number of imidazole rings is 1. The highest BCUT2D eigenvalue weighted by atomic mass is 16.3. The fourth-order valence-corrected chi connectivity index (χ4v) is 7.48. The maximum absolute atomic E-state index is 6.85. The molecule has 0 radical (unpaired) electrons. The summed E-state index contributed by atoms with van der Waals surface area (Å²) < 4.78 is 9.18. The lowest BCUT2D eigenvalue weighted by Crippen LogP contribution is -2.24. The summed E-state index contributed by atoms with van der Waals surface area (Å²) in [5.74, 6) is 2.77. The van der Waals surface area contributed by atoms with Gasteiger partial charge in [0.25, 0.3) is 0 Å². The summed E-state index contributed by atoms with van der Waals surface area (Å²) in [6.07, 6.45) is 2.00. The lowest BCUT2D eigenvalue weighted by Gasteiger charge is -2.23. The Hall–Kier alpha value is -5.62. The minimum Gasteiger partial charge on any atom is -0.455 e. The van der Waals surface area contributed by atoms with E-state index in [4.69, 9.17) is 24.4 Å². The van der Waals surface area contributed by atoms with Gasteiger partial charge in [0.15, 0.2) is 5.82 Å². The molecule has 54 heavy (non-hydrogen) atoms. The van der Waals surface area contributed by atoms with Crippen molar-refractivity contribution >= 4 is 33.0 Å². The zero-order valence-corrected chi connectivity index (χ0v) is 33.1. The van der Waals surface area contributed by atoms with Gasteiger partial charge in [0.2, 0.25) is 0 Å². The van der Waals surface area contributed by atoms with E-state index in [1.54, 1.807) is 0 Å². The van der Waals surface area contributed by atoms with Crippen molar-refractivity contribution < 1.29 is 4.42 Å². The molecule has 6 nitrogen and oxygen atoms in total. The number of furan rings is 1. The Morgan fingerprint density at radius 2 is 1.20 bits per heavy atom. The molecule has 0 aliphatic rings. The van der Waals surface area contributed by atoms with Crippen LogP contribution in [0.1, 0.15) is 104 Å². The van der Waals surface area contributed by atoms with E-state index in [0.29, 0.717) is 5.82 Å². The molecule has 0 saturated carbocycles. The standard InChI is InChI=1S/C48H49N5O/c1-28(2)36-25-31(30-17-12-11-13-18-30)26-37(29(3)4)41(36)53-27-49-38-21-16-20-32(42(38)53)33-23-24-35(40-34-19-14-15-22-39(34)54-43(33)40)44-50-45(47(5,6)7)52-46(51-44)48(8,9)10/h11-29H,1-10H3. The van der Waals surface area contributed by atoms with Crippen LogP contribution in [0.2, 0.25) is 0 Å². The zero-order chi connectivity index (χ0) is 38.1. The van der Waals surface area contributed by atoms with Crippen LogP contribution in [-0.4, -0.2) is 24.5 Å². The molecule has 0 spiro atoms. The van der Waals surface area contributed by atoms with Crippen LogP contribution in [0.25, 0.3) is 72.3 Å². The molecule has 0 atom stereocenters. The highest BCUT2D eigenvalue weighted by Crippen LogP contribution is 2.45. The number of nitrogens with zero attached hydrogens (tertiary/aromatic N) is 5. The number of rotatable bonds is 6. The van der Waals surface area contributed by atoms with E-state index in [9.17, 15) is 0 Å². The third kappa shape index (κ3) is 6.08. The van der Waals surface area contributed by atoms with Crippen molar-refractivity contribution in [2.24, 2.45) is 0 Å². The summed E-state index contributed by atoms with van der Waals surface area (Å²) in [5.41, 5.74) is 12.3. The van der Waals surface area contributed by atoms with E-state index in [1.807, 2.05) is 18.5 Å². The van der Waals surface area contributed by atoms with Gasteiger partial charge < -0.3 is 4.42 Å². The van der Waals surface area contributed by atoms with Crippen LogP contribution in [0.3, 0.4) is 0 Å². The van der Waals surface area contributed by atoms with E-state index in [2.05, 4.69) is 159 Å². The van der Waals surface area contributed by atoms with Crippen LogP contribution in [0.15, 0.2) is 108 Å². The number of hydrogen-bond donors (Lipinski definition) is 0. The lowest BCUT2D eigenvalue weighted by atomic mass is 9.88. The number of hydrogen-bond acceptors (Lipinski definition) is 5. The molecule has 0 unspecified atom stereocenters. The molecule has 0 fully saturated rings. The Labute approximate surface area is 318 Å². The summed E-state index contributed by atoms with van der Waals surface area (Å²) >= 11 is 0. The van der Waals surface area contributed by atoms with E-state index >= 15 is 0 Å². The minimum atomic E-state index is -0.258. The maximum atomic E-state index is 6.85. The van der Waals surface area contributed by atoms with Crippen molar-refractivity contribution in [3.8, 4) is 39.3 Å². The molecule has 3 aromatic heterocycles. The summed E-state index contributed by atoms with van der Waals surface area (Å²) in [5, 5.41) is 2.02. The molecular weight excluding hydrogens is 663 g/mol. The number of benzene rings is 5. The Kier molecular flexibility index (Phi) is 8.56. The minimum absolute atomic E-state index is 0.258. The number of fused-ring (bicyclic) bond motifs is 4. The fourth-order valence-electron chi connectivity index (χ4n) is 7.48. The van der Waals surface area contributed by atoms with Gasteiger partial charge in [-0.25, -0.2) is 19.9 Å². The molecule has 0 N–H and O–H groups in total. The molecule has 0 aliphatic carbocycles. The molecule has 6 heteroatoms. The number of aromatic nitrogens is 5. The van der Waals surface area contributed by atoms with Crippen molar-refractivity contribution in [1.29, 1.82) is 0 Å². The molecule has 0 amide bonds. The van der Waals surface area contributed by atoms with Crippen molar-refractivity contribution in [3.63, 3.8) is 0 Å². The maximum Gasteiger partial charge on any atom is 0.164 e. The quantitative estimate of drug-likeness (QED) is 0.172. The third-order valence-electron chi connectivity index (χ3n) is 10.4. The highest BCUT2D eigenvalue weighted by molar-refractivity contribution is 6.17. The first-order chi connectivity index (χ1) is 25.7. The average molecular weight is 712 g/mol. The Balaban J connectivity index is 1.42. The van der Waals surface area contributed by atoms with Gasteiger partial charge in [0.1, 0.15) is 29.1 Å². The van der Waals surface area contributed by atoms with Crippen LogP contribution >= 0.6 is 0 Å². The first-order valence-corrected chi connectivity index (χ1v) is 19.1. The Morgan fingerprint density at radius 1 is 0.593 bits per heavy atom. The monoisotopic (exact) mass is 711 g/mol. The van der Waals surface area contributed by atoms with Crippen LogP contribution in [0.5, 0.6) is 0 Å². The lowest BCUT2D eigenvalue weighted by molar-refractivity contribution is 0.497. The van der Waals surface area contributed by atoms with Crippen LogP contribution < -0.4 is 0 Å². The van der Waals surface area contributed by atoms with Gasteiger partial charge in [0.05, 0.1) is 16.7 Å². The van der Waals surface area contributed by atoms with Gasteiger partial charge >= 0.3 is 0 Å². The molecular formula is C48H49N5O. The average Bonchev–Trinajstić information content (AvgIpc) is 3.76. The largest absolute Gasteiger partial charge is 0.455 e. The van der Waals surface area contributed by atoms with E-state index in [-0.39, 0.29) is 22.7 Å². The van der Waals surface area contributed by atoms with Gasteiger partial charge in [-0.2, -0.15) is 0 Å². The second kappa shape index (κ2) is 13.0. The molecule has 3 heterocycles. The third-order valence-corrected chi connectivity index (χ3v) is 10.4. The summed E-state index contributed by atoms with van der Waals surface area (Å²) in [6.45, 7) is 22.0. The SMILES string of the molecule is CC(C)c1cc(-c2ccccc2)cc(C(C)C)c1-n1cnc2cccc(-c3ccc(-c4nc(C(C)(C)C)nc(C(C)(C)C)n4)c4c3oc3ccccc34)c21. The van der Waals surface area contributed by atoms with Crippen molar-refractivity contribution in [1.82, 2.24) is 24.5 Å². The number of para-hydroxylation sites is 2. The summed E-state index contributed by atoms with van der Waals surface area (Å²) in [7, 11) is 0. The van der Waals surface area contributed by atoms with E-state index < -0.39 is 0 Å². The molecule has 0 bridgehead atoms. The highest BCUT2D eigenvalue weighted by Gasteiger charge is 2.28. The predicted molar refractivity (Wildman–Crippen MR) is 224 cm³/mol. The first kappa shape index (κ1) is 35.4. The van der Waals surface area contributed by atoms with Crippen LogP contribution in [0, 0.1) is 0 Å². The topological polar surface area (TPSA) is 69.6 Å². The van der Waals surface area contributed by atoms with Crippen molar-refractivity contribution in [2.75, 3.05) is 0 Å². The second-order valence-electron chi connectivity index (χ2n) is 17.2. The second-order valence-corrected chi connectivity index (χ2v) is 17.2. The smallest absolute Gasteiger partial charge is 0.164 e. The zero-order valence-electron chi connectivity index (χ0n) is 33.1. The van der Waals surface area contributed by atoms with E-state index in [1.165, 1.54) is 27.9 Å². The van der Waals surface area contributed by atoms with Gasteiger partial charge in [-0.15, -0.1) is 0 Å². The molecule has 0 saturated heterocycles. The molecule has 0 aliphatic heterocycles. The molecule has 5 aromatic carbocycles. The summed E-state index contributed by atoms with van der Waals surface area (Å²) in [6, 6.07) is 34.4. The fraction of sp³-hybridized carbons (Fsp3) is 0.292. The molecule has 8 aromatic rings. The Morgan fingerprint density at radius 3 is 1.83 bits per heavy atom.